The fourth-order valence-corrected chi connectivity index (χ4v) is 7.67. The first-order valence-corrected chi connectivity index (χ1v) is 22.7. The van der Waals surface area contributed by atoms with E-state index in [9.17, 15) is 28.8 Å². The summed E-state index contributed by atoms with van der Waals surface area (Å²) in [5.41, 5.74) is -3.55. The van der Waals surface area contributed by atoms with Crippen LogP contribution in [0.3, 0.4) is 0 Å². The minimum Gasteiger partial charge on any atom is -0.330 e. The summed E-state index contributed by atoms with van der Waals surface area (Å²) in [7, 11) is 0. The first kappa shape index (κ1) is 46.8. The Balaban J connectivity index is 1.34. The van der Waals surface area contributed by atoms with Crippen molar-refractivity contribution >= 4 is 33.5 Å². The van der Waals surface area contributed by atoms with Crippen LogP contribution < -0.4 is 31.9 Å². The van der Waals surface area contributed by atoms with Crippen LogP contribution >= 0.6 is 0 Å². The van der Waals surface area contributed by atoms with Gasteiger partial charge in [0.05, 0.1) is 21.5 Å². The monoisotopic (exact) mass is 781 g/mol. The number of unbranched alkanes of at least 4 members (excludes halogenated alkanes) is 28. The average molecular weight is 781 g/mol. The third-order valence-corrected chi connectivity index (χ3v) is 11.2. The number of benzene rings is 1. The first-order chi connectivity index (χ1) is 27.3. The molecule has 0 aliphatic heterocycles. The van der Waals surface area contributed by atoms with Gasteiger partial charge >= 0.3 is 11.9 Å². The molecule has 10 nitrogen and oxygen atoms in total. The van der Waals surface area contributed by atoms with Gasteiger partial charge in [-0.05, 0) is 25.0 Å². The molecular weight excluding hydrogens is 709 g/mol. The number of nitrogens with zero attached hydrogens (tertiary/aromatic N) is 2. The van der Waals surface area contributed by atoms with E-state index in [0.717, 1.165) is 50.7 Å². The second kappa shape index (κ2) is 27.9. The van der Waals surface area contributed by atoms with E-state index in [1.54, 1.807) is 0 Å². The molecule has 0 saturated heterocycles. The number of carbonyl (C=O) groups is 2. The fourth-order valence-electron chi connectivity index (χ4n) is 7.67. The maximum absolute atomic E-state index is 13.1. The largest absolute Gasteiger partial charge is 0.333 e. The molecule has 2 aromatic heterocycles. The van der Waals surface area contributed by atoms with E-state index in [4.69, 9.17) is 9.68 Å². The number of hydrogen-bond donors (Lipinski definition) is 0. The standard InChI is InChI=1S/C46H72N2O8/c1-3-5-7-9-11-13-15-17-19-21-23-25-27-29-31-33-41(49)55-47-43(51)37-35-39-40(36-38(37)44(47)52)46(54)48(45(39)53)56-42(50)34-32-30-28-26-24-22-20-18-16-14-12-10-8-6-4-2/h35-36H,3-34H2,1-2H3. The van der Waals surface area contributed by atoms with Gasteiger partial charge in [0.1, 0.15) is 0 Å². The number of aromatic nitrogens is 2. The van der Waals surface area contributed by atoms with Crippen molar-refractivity contribution in [1.29, 1.82) is 0 Å². The molecule has 0 radical (unpaired) electrons. The summed E-state index contributed by atoms with van der Waals surface area (Å²) >= 11 is 0. The summed E-state index contributed by atoms with van der Waals surface area (Å²) in [6.07, 6.45) is 36.1. The zero-order chi connectivity index (χ0) is 40.4. The van der Waals surface area contributed by atoms with Crippen molar-refractivity contribution < 1.29 is 19.3 Å². The van der Waals surface area contributed by atoms with Crippen molar-refractivity contribution in [2.75, 3.05) is 0 Å². The van der Waals surface area contributed by atoms with Crippen LogP contribution in [0.15, 0.2) is 31.3 Å². The number of rotatable bonds is 34. The highest BCUT2D eigenvalue weighted by atomic mass is 16.7. The molecule has 2 heterocycles. The number of hydrogen-bond acceptors (Lipinski definition) is 8. The van der Waals surface area contributed by atoms with Crippen LogP contribution in [-0.2, 0) is 9.59 Å². The molecule has 0 amide bonds. The van der Waals surface area contributed by atoms with Crippen molar-refractivity contribution in [3.8, 4) is 0 Å². The van der Waals surface area contributed by atoms with Crippen molar-refractivity contribution in [3.63, 3.8) is 0 Å². The van der Waals surface area contributed by atoms with Gasteiger partial charge in [0.25, 0.3) is 22.2 Å². The van der Waals surface area contributed by atoms with Gasteiger partial charge in [-0.15, -0.1) is 0 Å². The summed E-state index contributed by atoms with van der Waals surface area (Å²) in [5.74, 6) is -1.39. The Hall–Kier alpha value is -3.56. The van der Waals surface area contributed by atoms with Gasteiger partial charge in [-0.25, -0.2) is 9.59 Å². The third kappa shape index (κ3) is 16.5. The first-order valence-electron chi connectivity index (χ1n) is 22.7. The summed E-state index contributed by atoms with van der Waals surface area (Å²) in [5, 5.41) is -0.609. The van der Waals surface area contributed by atoms with Crippen molar-refractivity contribution in [3.05, 3.63) is 53.5 Å². The highest BCUT2D eigenvalue weighted by Gasteiger charge is 2.23. The predicted octanol–water partition coefficient (Wildman–Crippen LogP) is 10.3. The quantitative estimate of drug-likeness (QED) is 0.0548. The van der Waals surface area contributed by atoms with Crippen LogP contribution in [0.25, 0.3) is 21.5 Å². The van der Waals surface area contributed by atoms with Crippen LogP contribution in [0.5, 0.6) is 0 Å². The SMILES string of the molecule is CCCCCCCCCCCCCCCCCC(=O)On1c(=O)c2cc3c(=O)n(OC(=O)CCCCCCCCCCCCCCCCC)c(=O)c3cc2c1=O. The van der Waals surface area contributed by atoms with Crippen molar-refractivity contribution in [1.82, 2.24) is 9.46 Å². The van der Waals surface area contributed by atoms with E-state index in [1.807, 2.05) is 0 Å². The van der Waals surface area contributed by atoms with E-state index in [1.165, 1.54) is 141 Å². The molecule has 1 aromatic carbocycles. The summed E-state index contributed by atoms with van der Waals surface area (Å²) in [6.45, 7) is 4.49. The highest BCUT2D eigenvalue weighted by molar-refractivity contribution is 5.97. The Morgan fingerprint density at radius 1 is 0.357 bits per heavy atom. The fraction of sp³-hybridized carbons (Fsp3) is 0.739. The Morgan fingerprint density at radius 2 is 0.554 bits per heavy atom. The Bertz CT molecular complexity index is 1580. The molecule has 314 valence electrons. The summed E-state index contributed by atoms with van der Waals surface area (Å²) in [4.78, 5) is 87.6. The van der Waals surface area contributed by atoms with Crippen LogP contribution in [0.4, 0.5) is 0 Å². The third-order valence-electron chi connectivity index (χ3n) is 11.2. The molecule has 0 fully saturated rings. The molecule has 10 heteroatoms. The van der Waals surface area contributed by atoms with E-state index in [-0.39, 0.29) is 34.4 Å². The van der Waals surface area contributed by atoms with Gasteiger partial charge in [-0.1, -0.05) is 203 Å². The average Bonchev–Trinajstić information content (AvgIpc) is 3.56. The smallest absolute Gasteiger partial charge is 0.330 e. The van der Waals surface area contributed by atoms with Gasteiger partial charge < -0.3 is 9.68 Å². The lowest BCUT2D eigenvalue weighted by Crippen LogP contribution is -2.36. The molecular formula is C46H72N2O8. The van der Waals surface area contributed by atoms with Gasteiger partial charge in [-0.2, -0.15) is 0 Å². The maximum atomic E-state index is 13.1. The lowest BCUT2D eigenvalue weighted by atomic mass is 10.0. The Kier molecular flexibility index (Phi) is 23.4. The molecule has 3 aromatic rings. The molecule has 56 heavy (non-hydrogen) atoms. The zero-order valence-corrected chi connectivity index (χ0v) is 34.9. The second-order valence-corrected chi connectivity index (χ2v) is 16.1. The summed E-state index contributed by atoms with van der Waals surface area (Å²) < 4.78 is 0.800. The number of carbonyl (C=O) groups excluding carboxylic acids is 2. The molecule has 0 aliphatic carbocycles. The Morgan fingerprint density at radius 3 is 0.768 bits per heavy atom. The Labute approximate surface area is 334 Å². The zero-order valence-electron chi connectivity index (χ0n) is 34.9. The van der Waals surface area contributed by atoms with E-state index < -0.39 is 34.2 Å². The molecule has 0 atom stereocenters. The normalized spacial score (nSPS) is 11.6. The van der Waals surface area contributed by atoms with Crippen molar-refractivity contribution in [2.24, 2.45) is 0 Å². The minimum absolute atomic E-state index is 0.0683. The molecule has 0 saturated carbocycles. The topological polar surface area (TPSA) is 131 Å². The van der Waals surface area contributed by atoms with E-state index >= 15 is 0 Å². The molecule has 3 rings (SSSR count). The van der Waals surface area contributed by atoms with Crippen LogP contribution in [0.2, 0.25) is 0 Å². The van der Waals surface area contributed by atoms with E-state index in [2.05, 4.69) is 13.8 Å². The van der Waals surface area contributed by atoms with Crippen LogP contribution in [0, 0.1) is 0 Å². The molecule has 0 bridgehead atoms. The molecule has 0 unspecified atom stereocenters. The molecule has 0 spiro atoms. The lowest BCUT2D eigenvalue weighted by molar-refractivity contribution is -0.145. The van der Waals surface area contributed by atoms with Crippen molar-refractivity contribution in [2.45, 2.75) is 219 Å². The molecule has 0 aliphatic rings. The minimum atomic E-state index is -0.887. The highest BCUT2D eigenvalue weighted by Crippen LogP contribution is 2.17. The predicted molar refractivity (Wildman–Crippen MR) is 227 cm³/mol. The van der Waals surface area contributed by atoms with E-state index in [0.29, 0.717) is 22.3 Å². The van der Waals surface area contributed by atoms with Crippen LogP contribution in [0.1, 0.15) is 219 Å². The number of fused-ring (bicyclic) bond motifs is 2. The van der Waals surface area contributed by atoms with Gasteiger partial charge in [0, 0.05) is 12.8 Å². The maximum Gasteiger partial charge on any atom is 0.333 e. The lowest BCUT2D eigenvalue weighted by Gasteiger charge is -2.04. The van der Waals surface area contributed by atoms with Gasteiger partial charge in [0.2, 0.25) is 0 Å². The molecule has 0 N–H and O–H groups in total. The second-order valence-electron chi connectivity index (χ2n) is 16.1. The van der Waals surface area contributed by atoms with Gasteiger partial charge in [-0.3, -0.25) is 19.2 Å². The van der Waals surface area contributed by atoms with Crippen LogP contribution in [-0.4, -0.2) is 21.4 Å². The summed E-state index contributed by atoms with van der Waals surface area (Å²) in [6, 6.07) is 2.27. The van der Waals surface area contributed by atoms with Gasteiger partial charge in [0.15, 0.2) is 0 Å².